The number of likely N-dealkylation sites (N-methyl/N-ethyl adjacent to an activating group) is 1. The number of hydrogen-bond donors (Lipinski definition) is 2. The molecule has 0 aromatic heterocycles. The minimum atomic E-state index is -3.65. The standard InChI is InChI=1S/C14H22N2O4S/c1-5-15-11(3)9-16-21(18,19)12-7-6-10(2)13(8-12)14(17)20-4/h6-8,11,15-16H,5,9H2,1-4H3/t11-/m1/s1. The summed E-state index contributed by atoms with van der Waals surface area (Å²) in [7, 11) is -2.39. The molecule has 0 radical (unpaired) electrons. The van der Waals surface area contributed by atoms with Gasteiger partial charge in [0, 0.05) is 12.6 Å². The Labute approximate surface area is 125 Å². The first-order valence-electron chi connectivity index (χ1n) is 6.73. The molecule has 0 bridgehead atoms. The maximum atomic E-state index is 12.2. The van der Waals surface area contributed by atoms with Gasteiger partial charge in [0.2, 0.25) is 10.0 Å². The first kappa shape index (κ1) is 17.6. The van der Waals surface area contributed by atoms with Crippen LogP contribution in [0.4, 0.5) is 0 Å². The topological polar surface area (TPSA) is 84.5 Å². The zero-order valence-corrected chi connectivity index (χ0v) is 13.6. The van der Waals surface area contributed by atoms with Crippen LogP contribution in [-0.2, 0) is 14.8 Å². The van der Waals surface area contributed by atoms with Crippen molar-refractivity contribution in [1.29, 1.82) is 0 Å². The Morgan fingerprint density at radius 1 is 1.38 bits per heavy atom. The van der Waals surface area contributed by atoms with Crippen LogP contribution < -0.4 is 10.0 Å². The molecule has 0 aliphatic rings. The van der Waals surface area contributed by atoms with Gasteiger partial charge in [0.05, 0.1) is 17.6 Å². The average molecular weight is 314 g/mol. The number of ether oxygens (including phenoxy) is 1. The highest BCUT2D eigenvalue weighted by molar-refractivity contribution is 7.89. The molecule has 1 rings (SSSR count). The minimum Gasteiger partial charge on any atom is -0.465 e. The summed E-state index contributed by atoms with van der Waals surface area (Å²) < 4.78 is 31.6. The second kappa shape index (κ2) is 7.53. The van der Waals surface area contributed by atoms with Crippen LogP contribution >= 0.6 is 0 Å². The average Bonchev–Trinajstić information content (AvgIpc) is 2.45. The lowest BCUT2D eigenvalue weighted by Gasteiger charge is -2.14. The predicted molar refractivity (Wildman–Crippen MR) is 80.8 cm³/mol. The molecule has 118 valence electrons. The van der Waals surface area contributed by atoms with Crippen LogP contribution in [0.25, 0.3) is 0 Å². The summed E-state index contributed by atoms with van der Waals surface area (Å²) >= 11 is 0. The van der Waals surface area contributed by atoms with Gasteiger partial charge in [-0.05, 0) is 38.1 Å². The molecule has 0 heterocycles. The Hall–Kier alpha value is -1.44. The third kappa shape index (κ3) is 4.80. The van der Waals surface area contributed by atoms with E-state index in [1.165, 1.54) is 19.2 Å². The molecule has 1 aromatic rings. The van der Waals surface area contributed by atoms with Gasteiger partial charge in [0.15, 0.2) is 0 Å². The highest BCUT2D eigenvalue weighted by Crippen LogP contribution is 2.16. The van der Waals surface area contributed by atoms with Gasteiger partial charge in [-0.3, -0.25) is 0 Å². The minimum absolute atomic E-state index is 0.0234. The molecule has 6 nitrogen and oxygen atoms in total. The molecule has 0 saturated heterocycles. The fourth-order valence-corrected chi connectivity index (χ4v) is 2.99. The maximum absolute atomic E-state index is 12.2. The van der Waals surface area contributed by atoms with E-state index >= 15 is 0 Å². The molecule has 1 atom stereocenters. The maximum Gasteiger partial charge on any atom is 0.338 e. The molecule has 21 heavy (non-hydrogen) atoms. The lowest BCUT2D eigenvalue weighted by atomic mass is 10.1. The number of sulfonamides is 1. The number of methoxy groups -OCH3 is 1. The van der Waals surface area contributed by atoms with Gasteiger partial charge in [-0.2, -0.15) is 0 Å². The van der Waals surface area contributed by atoms with Gasteiger partial charge in [-0.1, -0.05) is 13.0 Å². The number of aryl methyl sites for hydroxylation is 1. The molecule has 0 spiro atoms. The third-order valence-corrected chi connectivity index (χ3v) is 4.48. The second-order valence-corrected chi connectivity index (χ2v) is 6.55. The fourth-order valence-electron chi connectivity index (χ4n) is 1.84. The van der Waals surface area contributed by atoms with Crippen molar-refractivity contribution < 1.29 is 17.9 Å². The summed E-state index contributed by atoms with van der Waals surface area (Å²) in [5.74, 6) is -0.550. The summed E-state index contributed by atoms with van der Waals surface area (Å²) in [6, 6.07) is 4.42. The summed E-state index contributed by atoms with van der Waals surface area (Å²) in [5.41, 5.74) is 0.918. The van der Waals surface area contributed by atoms with E-state index in [9.17, 15) is 13.2 Å². The van der Waals surface area contributed by atoms with Crippen LogP contribution in [-0.4, -0.2) is 40.6 Å². The number of hydrogen-bond acceptors (Lipinski definition) is 5. The first-order valence-corrected chi connectivity index (χ1v) is 8.22. The monoisotopic (exact) mass is 314 g/mol. The molecule has 0 saturated carbocycles. The Balaban J connectivity index is 2.96. The van der Waals surface area contributed by atoms with Crippen molar-refractivity contribution in [1.82, 2.24) is 10.0 Å². The smallest absolute Gasteiger partial charge is 0.338 e. The van der Waals surface area contributed by atoms with Gasteiger partial charge in [-0.15, -0.1) is 0 Å². The number of esters is 1. The summed E-state index contributed by atoms with van der Waals surface area (Å²) in [4.78, 5) is 11.7. The van der Waals surface area contributed by atoms with E-state index in [-0.39, 0.29) is 23.0 Å². The van der Waals surface area contributed by atoms with Crippen LogP contribution in [0.3, 0.4) is 0 Å². The Morgan fingerprint density at radius 2 is 2.05 bits per heavy atom. The molecule has 0 amide bonds. The molecular weight excluding hydrogens is 292 g/mol. The van der Waals surface area contributed by atoms with Crippen LogP contribution in [0.15, 0.2) is 23.1 Å². The lowest BCUT2D eigenvalue weighted by molar-refractivity contribution is 0.0599. The van der Waals surface area contributed by atoms with E-state index in [4.69, 9.17) is 0 Å². The largest absolute Gasteiger partial charge is 0.465 e. The summed E-state index contributed by atoms with van der Waals surface area (Å²) in [6.45, 7) is 6.61. The van der Waals surface area contributed by atoms with Crippen LogP contribution in [0.5, 0.6) is 0 Å². The van der Waals surface area contributed by atoms with E-state index < -0.39 is 16.0 Å². The Bertz CT molecular complexity index is 599. The van der Waals surface area contributed by atoms with Crippen molar-refractivity contribution >= 4 is 16.0 Å². The fraction of sp³-hybridized carbons (Fsp3) is 0.500. The van der Waals surface area contributed by atoms with E-state index in [1.54, 1.807) is 13.0 Å². The highest BCUT2D eigenvalue weighted by atomic mass is 32.2. The molecule has 7 heteroatoms. The van der Waals surface area contributed by atoms with E-state index in [1.807, 2.05) is 13.8 Å². The molecule has 1 aromatic carbocycles. The molecular formula is C14H22N2O4S. The molecule has 0 aliphatic carbocycles. The number of rotatable bonds is 7. The van der Waals surface area contributed by atoms with Gasteiger partial charge >= 0.3 is 5.97 Å². The van der Waals surface area contributed by atoms with Crippen molar-refractivity contribution in [3.63, 3.8) is 0 Å². The van der Waals surface area contributed by atoms with Gasteiger partial charge < -0.3 is 10.1 Å². The zero-order chi connectivity index (χ0) is 16.0. The number of carbonyl (C=O) groups excluding carboxylic acids is 1. The number of carbonyl (C=O) groups is 1. The SMILES string of the molecule is CCN[C@H](C)CNS(=O)(=O)c1ccc(C)c(C(=O)OC)c1. The van der Waals surface area contributed by atoms with Crippen LogP contribution in [0, 0.1) is 6.92 Å². The predicted octanol–water partition coefficient (Wildman–Crippen LogP) is 1.06. The van der Waals surface area contributed by atoms with E-state index in [0.29, 0.717) is 5.56 Å². The van der Waals surface area contributed by atoms with E-state index in [2.05, 4.69) is 14.8 Å². The van der Waals surface area contributed by atoms with Crippen molar-refractivity contribution in [2.24, 2.45) is 0 Å². The summed E-state index contributed by atoms with van der Waals surface area (Å²) in [6.07, 6.45) is 0. The van der Waals surface area contributed by atoms with Crippen LogP contribution in [0.1, 0.15) is 29.8 Å². The molecule has 2 N–H and O–H groups in total. The Kier molecular flexibility index (Phi) is 6.32. The zero-order valence-electron chi connectivity index (χ0n) is 12.8. The second-order valence-electron chi connectivity index (χ2n) is 4.78. The Morgan fingerprint density at radius 3 is 2.62 bits per heavy atom. The number of benzene rings is 1. The molecule has 0 fully saturated rings. The normalized spacial score (nSPS) is 13.0. The number of nitrogens with one attached hydrogen (secondary N) is 2. The summed E-state index contributed by atoms with van der Waals surface area (Å²) in [5, 5.41) is 3.12. The lowest BCUT2D eigenvalue weighted by Crippen LogP contribution is -2.38. The first-order chi connectivity index (χ1) is 9.81. The van der Waals surface area contributed by atoms with Crippen molar-refractivity contribution in [2.75, 3.05) is 20.2 Å². The molecule has 0 unspecified atom stereocenters. The van der Waals surface area contributed by atoms with Gasteiger partial charge in [0.1, 0.15) is 0 Å². The molecule has 0 aliphatic heterocycles. The highest BCUT2D eigenvalue weighted by Gasteiger charge is 2.18. The van der Waals surface area contributed by atoms with Crippen molar-refractivity contribution in [2.45, 2.75) is 31.7 Å². The van der Waals surface area contributed by atoms with E-state index in [0.717, 1.165) is 6.54 Å². The quantitative estimate of drug-likeness (QED) is 0.735. The third-order valence-electron chi connectivity index (χ3n) is 3.06. The van der Waals surface area contributed by atoms with Crippen molar-refractivity contribution in [3.05, 3.63) is 29.3 Å². The van der Waals surface area contributed by atoms with Crippen molar-refractivity contribution in [3.8, 4) is 0 Å². The van der Waals surface area contributed by atoms with Gasteiger partial charge in [-0.25, -0.2) is 17.9 Å². The van der Waals surface area contributed by atoms with Gasteiger partial charge in [0.25, 0.3) is 0 Å². The van der Waals surface area contributed by atoms with Crippen LogP contribution in [0.2, 0.25) is 0 Å².